The zero-order valence-corrected chi connectivity index (χ0v) is 14.6. The molecule has 1 aliphatic heterocycles. The van der Waals surface area contributed by atoms with Crippen molar-refractivity contribution in [3.8, 4) is 11.3 Å². The van der Waals surface area contributed by atoms with Crippen LogP contribution in [0.15, 0.2) is 36.7 Å². The SMILES string of the molecule is COCC(=O)N1CCC(Cc2cncc(-c3ccc(C(=O)O)cc3)n2)C1. The molecule has 0 aliphatic carbocycles. The largest absolute Gasteiger partial charge is 0.478 e. The minimum Gasteiger partial charge on any atom is -0.478 e. The van der Waals surface area contributed by atoms with E-state index >= 15 is 0 Å². The second kappa shape index (κ2) is 8.05. The lowest BCUT2D eigenvalue weighted by molar-refractivity contribution is -0.134. The van der Waals surface area contributed by atoms with Crippen molar-refractivity contribution in [1.82, 2.24) is 14.9 Å². The van der Waals surface area contributed by atoms with Crippen LogP contribution < -0.4 is 0 Å². The van der Waals surface area contributed by atoms with E-state index in [2.05, 4.69) is 9.97 Å². The van der Waals surface area contributed by atoms with Gasteiger partial charge in [-0.2, -0.15) is 0 Å². The van der Waals surface area contributed by atoms with Crippen molar-refractivity contribution in [2.24, 2.45) is 5.92 Å². The van der Waals surface area contributed by atoms with Gasteiger partial charge in [0.25, 0.3) is 0 Å². The number of hydrogen-bond donors (Lipinski definition) is 1. The minimum absolute atomic E-state index is 0.0216. The average molecular weight is 355 g/mol. The summed E-state index contributed by atoms with van der Waals surface area (Å²) in [4.78, 5) is 33.6. The average Bonchev–Trinajstić information content (AvgIpc) is 3.11. The highest BCUT2D eigenvalue weighted by Gasteiger charge is 2.26. The number of carboxylic acids is 1. The van der Waals surface area contributed by atoms with Crippen molar-refractivity contribution in [2.45, 2.75) is 12.8 Å². The number of carbonyl (C=O) groups is 2. The second-order valence-electron chi connectivity index (χ2n) is 6.41. The number of rotatable bonds is 6. The molecule has 7 nitrogen and oxygen atoms in total. The summed E-state index contributed by atoms with van der Waals surface area (Å²) >= 11 is 0. The van der Waals surface area contributed by atoms with Gasteiger partial charge in [-0.15, -0.1) is 0 Å². The highest BCUT2D eigenvalue weighted by Crippen LogP contribution is 2.22. The Kier molecular flexibility index (Phi) is 5.58. The first-order valence-corrected chi connectivity index (χ1v) is 8.48. The van der Waals surface area contributed by atoms with Crippen molar-refractivity contribution in [3.63, 3.8) is 0 Å². The quantitative estimate of drug-likeness (QED) is 0.850. The van der Waals surface area contributed by atoms with Gasteiger partial charge in [-0.3, -0.25) is 9.78 Å². The molecule has 0 bridgehead atoms. The normalized spacial score (nSPS) is 16.7. The molecule has 26 heavy (non-hydrogen) atoms. The number of aromatic nitrogens is 2. The highest BCUT2D eigenvalue weighted by atomic mass is 16.5. The van der Waals surface area contributed by atoms with Crippen molar-refractivity contribution < 1.29 is 19.4 Å². The van der Waals surface area contributed by atoms with Gasteiger partial charge in [0, 0.05) is 32.0 Å². The molecule has 1 aliphatic rings. The lowest BCUT2D eigenvalue weighted by atomic mass is 10.0. The molecule has 1 atom stereocenters. The van der Waals surface area contributed by atoms with Crippen LogP contribution in [0.3, 0.4) is 0 Å². The Morgan fingerprint density at radius 2 is 2.04 bits per heavy atom. The van der Waals surface area contributed by atoms with Gasteiger partial charge in [0.1, 0.15) is 6.61 Å². The molecule has 1 unspecified atom stereocenters. The van der Waals surface area contributed by atoms with Crippen molar-refractivity contribution >= 4 is 11.9 Å². The van der Waals surface area contributed by atoms with E-state index in [0.29, 0.717) is 18.2 Å². The first-order chi connectivity index (χ1) is 12.6. The smallest absolute Gasteiger partial charge is 0.335 e. The van der Waals surface area contributed by atoms with E-state index in [0.717, 1.165) is 30.6 Å². The number of hydrogen-bond acceptors (Lipinski definition) is 5. The van der Waals surface area contributed by atoms with Crippen molar-refractivity contribution in [1.29, 1.82) is 0 Å². The Labute approximate surface area is 151 Å². The van der Waals surface area contributed by atoms with Crippen LogP contribution in [0.5, 0.6) is 0 Å². The Bertz CT molecular complexity index is 792. The lowest BCUT2D eigenvalue weighted by Gasteiger charge is -2.16. The number of likely N-dealkylation sites (tertiary alicyclic amines) is 1. The van der Waals surface area contributed by atoms with Gasteiger partial charge in [-0.05, 0) is 30.9 Å². The van der Waals surface area contributed by atoms with E-state index in [4.69, 9.17) is 9.84 Å². The number of amides is 1. The minimum atomic E-state index is -0.954. The maximum absolute atomic E-state index is 11.9. The number of benzene rings is 1. The molecule has 0 spiro atoms. The molecule has 1 aromatic carbocycles. The van der Waals surface area contributed by atoms with Crippen LogP contribution in [-0.4, -0.2) is 58.7 Å². The monoisotopic (exact) mass is 355 g/mol. The number of nitrogens with zero attached hydrogens (tertiary/aromatic N) is 3. The molecule has 2 heterocycles. The molecular weight excluding hydrogens is 334 g/mol. The first-order valence-electron chi connectivity index (χ1n) is 8.48. The van der Waals surface area contributed by atoms with Crippen molar-refractivity contribution in [3.05, 3.63) is 47.9 Å². The summed E-state index contributed by atoms with van der Waals surface area (Å²) in [6.07, 6.45) is 5.11. The third-order valence-electron chi connectivity index (χ3n) is 4.52. The number of carbonyl (C=O) groups excluding carboxylic acids is 1. The summed E-state index contributed by atoms with van der Waals surface area (Å²) < 4.78 is 4.91. The topological polar surface area (TPSA) is 92.6 Å². The predicted octanol–water partition coefficient (Wildman–Crippen LogP) is 1.88. The maximum Gasteiger partial charge on any atom is 0.335 e. The lowest BCUT2D eigenvalue weighted by Crippen LogP contribution is -2.31. The van der Waals surface area contributed by atoms with Gasteiger partial charge >= 0.3 is 5.97 Å². The molecule has 2 aromatic rings. The van der Waals surface area contributed by atoms with Gasteiger partial charge in [-0.25, -0.2) is 9.78 Å². The standard InChI is InChI=1S/C19H21N3O4/c1-26-12-18(23)22-7-6-13(11-22)8-16-9-20-10-17(21-16)14-2-4-15(5-3-14)19(24)25/h2-5,9-10,13H,6-8,11-12H2,1H3,(H,24,25). The summed E-state index contributed by atoms with van der Waals surface area (Å²) in [5.41, 5.74) is 2.65. The van der Waals surface area contributed by atoms with E-state index in [9.17, 15) is 9.59 Å². The molecular formula is C19H21N3O4. The van der Waals surface area contributed by atoms with E-state index < -0.39 is 5.97 Å². The zero-order valence-electron chi connectivity index (χ0n) is 14.6. The van der Waals surface area contributed by atoms with Gasteiger partial charge in [0.05, 0.1) is 23.1 Å². The van der Waals surface area contributed by atoms with Gasteiger partial charge in [0.2, 0.25) is 5.91 Å². The summed E-state index contributed by atoms with van der Waals surface area (Å²) in [7, 11) is 1.52. The molecule has 0 saturated carbocycles. The fraction of sp³-hybridized carbons (Fsp3) is 0.368. The summed E-state index contributed by atoms with van der Waals surface area (Å²) in [6.45, 7) is 1.58. The third-order valence-corrected chi connectivity index (χ3v) is 4.52. The fourth-order valence-electron chi connectivity index (χ4n) is 3.16. The van der Waals surface area contributed by atoms with Gasteiger partial charge < -0.3 is 14.7 Å². The Morgan fingerprint density at radius 3 is 2.73 bits per heavy atom. The Morgan fingerprint density at radius 1 is 1.27 bits per heavy atom. The maximum atomic E-state index is 11.9. The fourth-order valence-corrected chi connectivity index (χ4v) is 3.16. The van der Waals surface area contributed by atoms with Gasteiger partial charge in [0.15, 0.2) is 0 Å². The number of aromatic carboxylic acids is 1. The number of carboxylic acid groups (broad SMARTS) is 1. The molecule has 136 valence electrons. The van der Waals surface area contributed by atoms with Crippen LogP contribution in [0.2, 0.25) is 0 Å². The number of ether oxygens (including phenoxy) is 1. The van der Waals surface area contributed by atoms with Crippen LogP contribution in [0.4, 0.5) is 0 Å². The predicted molar refractivity (Wildman–Crippen MR) is 94.7 cm³/mol. The Balaban J connectivity index is 1.66. The number of methoxy groups -OCH3 is 1. The van der Waals surface area contributed by atoms with E-state index in [1.54, 1.807) is 36.7 Å². The van der Waals surface area contributed by atoms with Crippen LogP contribution in [0, 0.1) is 5.92 Å². The molecule has 1 N–H and O–H groups in total. The summed E-state index contributed by atoms with van der Waals surface area (Å²) in [5, 5.41) is 8.98. The van der Waals surface area contributed by atoms with E-state index in [1.165, 1.54) is 7.11 Å². The second-order valence-corrected chi connectivity index (χ2v) is 6.41. The van der Waals surface area contributed by atoms with Crippen LogP contribution in [0.25, 0.3) is 11.3 Å². The molecule has 7 heteroatoms. The third kappa shape index (κ3) is 4.23. The zero-order chi connectivity index (χ0) is 18.5. The molecule has 1 fully saturated rings. The Hall–Kier alpha value is -2.80. The molecule has 3 rings (SSSR count). The molecule has 1 aromatic heterocycles. The van der Waals surface area contributed by atoms with Crippen LogP contribution >= 0.6 is 0 Å². The molecule has 0 radical (unpaired) electrons. The van der Waals surface area contributed by atoms with Crippen LogP contribution in [0.1, 0.15) is 22.5 Å². The van der Waals surface area contributed by atoms with E-state index in [-0.39, 0.29) is 18.1 Å². The summed E-state index contributed by atoms with van der Waals surface area (Å²) in [5.74, 6) is -0.576. The van der Waals surface area contributed by atoms with Crippen LogP contribution in [-0.2, 0) is 16.0 Å². The van der Waals surface area contributed by atoms with E-state index in [1.807, 2.05) is 4.90 Å². The molecule has 1 amide bonds. The first kappa shape index (κ1) is 18.0. The highest BCUT2D eigenvalue weighted by molar-refractivity contribution is 5.88. The summed E-state index contributed by atoms with van der Waals surface area (Å²) in [6, 6.07) is 6.58. The van der Waals surface area contributed by atoms with Crippen molar-refractivity contribution in [2.75, 3.05) is 26.8 Å². The van der Waals surface area contributed by atoms with Gasteiger partial charge in [-0.1, -0.05) is 12.1 Å². The molecule has 1 saturated heterocycles.